The van der Waals surface area contributed by atoms with Crippen molar-refractivity contribution in [3.8, 4) is 22.3 Å². The average Bonchev–Trinajstić information content (AvgIpc) is 3.27. The van der Waals surface area contributed by atoms with Crippen molar-refractivity contribution >= 4 is 16.6 Å². The number of fused-ring (bicyclic) bond motifs is 2. The number of H-pyrrole nitrogens is 1. The Labute approximate surface area is 180 Å². The lowest BCUT2D eigenvalue weighted by Gasteiger charge is -2.23. The second-order valence-electron chi connectivity index (χ2n) is 8.25. The van der Waals surface area contributed by atoms with Crippen LogP contribution in [0.5, 0.6) is 0 Å². The quantitative estimate of drug-likeness (QED) is 0.434. The summed E-state index contributed by atoms with van der Waals surface area (Å²) >= 11 is 0. The van der Waals surface area contributed by atoms with E-state index in [-0.39, 0.29) is 0 Å². The predicted octanol–water partition coefficient (Wildman–Crippen LogP) is 4.50. The van der Waals surface area contributed by atoms with Crippen molar-refractivity contribution in [1.82, 2.24) is 20.4 Å². The topological polar surface area (TPSA) is 57.7 Å². The summed E-state index contributed by atoms with van der Waals surface area (Å²) in [6.07, 6.45) is 10.4. The molecule has 31 heavy (non-hydrogen) atoms. The molecule has 2 aromatic carbocycles. The van der Waals surface area contributed by atoms with Gasteiger partial charge in [-0.05, 0) is 60.1 Å². The number of rotatable bonds is 3. The van der Waals surface area contributed by atoms with Gasteiger partial charge in [0, 0.05) is 17.1 Å². The lowest BCUT2D eigenvalue weighted by molar-refractivity contribution is -0.578. The molecule has 4 heterocycles. The molecule has 0 radical (unpaired) electrons. The standard InChI is InChI=1S/C26H23N5/c1-2-4-25-23(3-1)22(11-14-28-25)24-16-30-31-17-21(15-29-26(24)31)19-7-5-18(6-8-19)20-9-12-27-13-10-20/h1-8,11,14-17,20,27H,9-10,12-13H2/p+1. The number of nitrogens with one attached hydrogen (secondary N) is 2. The summed E-state index contributed by atoms with van der Waals surface area (Å²) in [7, 11) is 0. The molecule has 0 spiro atoms. The summed E-state index contributed by atoms with van der Waals surface area (Å²) in [5.74, 6) is 0.673. The van der Waals surface area contributed by atoms with Crippen LogP contribution >= 0.6 is 0 Å². The molecule has 1 aliphatic heterocycles. The van der Waals surface area contributed by atoms with Gasteiger partial charge in [0.15, 0.2) is 6.20 Å². The van der Waals surface area contributed by atoms with E-state index in [0.717, 1.165) is 46.3 Å². The Morgan fingerprint density at radius 1 is 0.839 bits per heavy atom. The molecule has 0 bridgehead atoms. The molecule has 1 aliphatic rings. The van der Waals surface area contributed by atoms with E-state index in [1.54, 1.807) is 0 Å². The van der Waals surface area contributed by atoms with Gasteiger partial charge < -0.3 is 5.32 Å². The predicted molar refractivity (Wildman–Crippen MR) is 123 cm³/mol. The van der Waals surface area contributed by atoms with Gasteiger partial charge in [0.05, 0.1) is 22.8 Å². The van der Waals surface area contributed by atoms with Crippen LogP contribution in [0.1, 0.15) is 24.3 Å². The van der Waals surface area contributed by atoms with E-state index in [1.807, 2.05) is 35.2 Å². The Bertz CT molecular complexity index is 1360. The number of hydrogen-bond donors (Lipinski definition) is 2. The van der Waals surface area contributed by atoms with E-state index in [2.05, 4.69) is 64.1 Å². The van der Waals surface area contributed by atoms with Crippen molar-refractivity contribution in [3.05, 3.63) is 84.9 Å². The number of benzene rings is 2. The van der Waals surface area contributed by atoms with Crippen molar-refractivity contribution in [2.45, 2.75) is 18.8 Å². The highest BCUT2D eigenvalue weighted by molar-refractivity contribution is 5.96. The summed E-state index contributed by atoms with van der Waals surface area (Å²) in [6, 6.07) is 19.3. The molecule has 0 aliphatic carbocycles. The Morgan fingerprint density at radius 3 is 2.55 bits per heavy atom. The van der Waals surface area contributed by atoms with Crippen LogP contribution < -0.4 is 9.83 Å². The monoisotopic (exact) mass is 406 g/mol. The molecule has 3 aromatic heterocycles. The summed E-state index contributed by atoms with van der Waals surface area (Å²) in [5.41, 5.74) is 7.84. The number of pyridine rings is 1. The van der Waals surface area contributed by atoms with Crippen LogP contribution in [-0.2, 0) is 0 Å². The minimum absolute atomic E-state index is 0.673. The molecular weight excluding hydrogens is 382 g/mol. The van der Waals surface area contributed by atoms with Gasteiger partial charge in [-0.15, -0.1) is 4.52 Å². The summed E-state index contributed by atoms with van der Waals surface area (Å²) in [5, 5.41) is 7.93. The molecule has 2 N–H and O–H groups in total. The first kappa shape index (κ1) is 18.2. The molecule has 0 unspecified atom stereocenters. The number of nitrogens with zero attached hydrogens (tertiary/aromatic N) is 3. The zero-order valence-corrected chi connectivity index (χ0v) is 17.3. The molecular formula is C26H24N5+. The van der Waals surface area contributed by atoms with Crippen LogP contribution in [0, 0.1) is 0 Å². The first-order valence-electron chi connectivity index (χ1n) is 10.9. The van der Waals surface area contributed by atoms with Gasteiger partial charge in [-0.25, -0.2) is 5.10 Å². The van der Waals surface area contributed by atoms with Gasteiger partial charge in [0.2, 0.25) is 0 Å². The SMILES string of the molecule is c1ccc2c(-c3c[nH][n+]4cc(-c5ccc(C6CCNCC6)cc5)cnc34)ccnc2c1. The van der Waals surface area contributed by atoms with Crippen molar-refractivity contribution in [2.75, 3.05) is 13.1 Å². The minimum atomic E-state index is 0.673. The van der Waals surface area contributed by atoms with E-state index in [0.29, 0.717) is 5.92 Å². The molecule has 152 valence electrons. The van der Waals surface area contributed by atoms with Gasteiger partial charge in [-0.2, -0.15) is 0 Å². The van der Waals surface area contributed by atoms with Crippen molar-refractivity contribution < 1.29 is 4.52 Å². The summed E-state index contributed by atoms with van der Waals surface area (Å²) in [4.78, 5) is 9.30. The minimum Gasteiger partial charge on any atom is -0.317 e. The van der Waals surface area contributed by atoms with E-state index < -0.39 is 0 Å². The van der Waals surface area contributed by atoms with E-state index >= 15 is 0 Å². The highest BCUT2D eigenvalue weighted by Gasteiger charge is 2.19. The Morgan fingerprint density at radius 2 is 1.68 bits per heavy atom. The summed E-state index contributed by atoms with van der Waals surface area (Å²) < 4.78 is 2.00. The van der Waals surface area contributed by atoms with Gasteiger partial charge in [0.25, 0.3) is 0 Å². The molecule has 5 nitrogen and oxygen atoms in total. The van der Waals surface area contributed by atoms with Gasteiger partial charge >= 0.3 is 5.65 Å². The van der Waals surface area contributed by atoms with Crippen LogP contribution in [0.25, 0.3) is 38.8 Å². The maximum Gasteiger partial charge on any atom is 0.355 e. The summed E-state index contributed by atoms with van der Waals surface area (Å²) in [6.45, 7) is 2.23. The third-order valence-electron chi connectivity index (χ3n) is 6.40. The Kier molecular flexibility index (Phi) is 4.47. The zero-order chi connectivity index (χ0) is 20.6. The zero-order valence-electron chi connectivity index (χ0n) is 17.3. The Hall–Kier alpha value is -3.57. The molecule has 5 heteroatoms. The highest BCUT2D eigenvalue weighted by atomic mass is 15.2. The molecule has 6 rings (SSSR count). The largest absolute Gasteiger partial charge is 0.355 e. The lowest BCUT2D eigenvalue weighted by Crippen LogP contribution is -2.26. The van der Waals surface area contributed by atoms with Crippen LogP contribution in [0.15, 0.2) is 79.4 Å². The van der Waals surface area contributed by atoms with E-state index in [4.69, 9.17) is 4.98 Å². The molecule has 0 atom stereocenters. The first-order chi connectivity index (χ1) is 15.4. The molecule has 1 fully saturated rings. The van der Waals surface area contributed by atoms with Crippen LogP contribution in [0.4, 0.5) is 0 Å². The van der Waals surface area contributed by atoms with Crippen LogP contribution in [0.3, 0.4) is 0 Å². The van der Waals surface area contributed by atoms with Crippen molar-refractivity contribution in [1.29, 1.82) is 0 Å². The number of aromatic amines is 1. The van der Waals surface area contributed by atoms with E-state index in [1.165, 1.54) is 24.0 Å². The third-order valence-corrected chi connectivity index (χ3v) is 6.40. The number of aromatic nitrogens is 4. The van der Waals surface area contributed by atoms with Crippen LogP contribution in [0.2, 0.25) is 0 Å². The smallest absolute Gasteiger partial charge is 0.317 e. The fourth-order valence-electron chi connectivity index (χ4n) is 4.70. The van der Waals surface area contributed by atoms with E-state index in [9.17, 15) is 0 Å². The normalized spacial score (nSPS) is 15.0. The maximum atomic E-state index is 4.82. The average molecular weight is 407 g/mol. The highest BCUT2D eigenvalue weighted by Crippen LogP contribution is 2.30. The fourth-order valence-corrected chi connectivity index (χ4v) is 4.70. The first-order valence-corrected chi connectivity index (χ1v) is 10.9. The molecule has 0 amide bonds. The third kappa shape index (κ3) is 3.27. The fraction of sp³-hybridized carbons (Fsp3) is 0.192. The van der Waals surface area contributed by atoms with Crippen molar-refractivity contribution in [2.24, 2.45) is 0 Å². The van der Waals surface area contributed by atoms with Gasteiger partial charge in [-0.1, -0.05) is 42.5 Å². The number of piperidine rings is 1. The second kappa shape index (κ2) is 7.60. The number of para-hydroxylation sites is 1. The lowest BCUT2D eigenvalue weighted by atomic mass is 9.89. The molecule has 1 saturated heterocycles. The van der Waals surface area contributed by atoms with Crippen molar-refractivity contribution in [3.63, 3.8) is 0 Å². The van der Waals surface area contributed by atoms with Crippen LogP contribution in [-0.4, -0.2) is 28.2 Å². The van der Waals surface area contributed by atoms with Gasteiger partial charge in [-0.3, -0.25) is 4.98 Å². The maximum absolute atomic E-state index is 4.82. The second-order valence-corrected chi connectivity index (χ2v) is 8.25. The van der Waals surface area contributed by atoms with Gasteiger partial charge in [0.1, 0.15) is 6.20 Å². The molecule has 5 aromatic rings. The Balaban J connectivity index is 1.36. The number of hydrogen-bond acceptors (Lipinski definition) is 3. The molecule has 0 saturated carbocycles.